The summed E-state index contributed by atoms with van der Waals surface area (Å²) in [4.78, 5) is 0. The normalized spacial score (nSPS) is 11.7. The molecule has 1 aromatic carbocycles. The van der Waals surface area contributed by atoms with Crippen molar-refractivity contribution in [3.63, 3.8) is 0 Å². The fourth-order valence-electron chi connectivity index (χ4n) is 0.957. The van der Waals surface area contributed by atoms with Gasteiger partial charge < -0.3 is 0 Å². The van der Waals surface area contributed by atoms with Crippen molar-refractivity contribution in [2.24, 2.45) is 0 Å². The monoisotopic (exact) mass is 284 g/mol. The highest BCUT2D eigenvalue weighted by Gasteiger charge is 2.12. The van der Waals surface area contributed by atoms with Crippen LogP contribution in [0.2, 0.25) is 0 Å². The molecule has 0 aliphatic carbocycles. The highest BCUT2D eigenvalue weighted by atomic mass is 79.9. The second-order valence-corrected chi connectivity index (χ2v) is 5.92. The second-order valence-electron chi connectivity index (χ2n) is 2.93. The lowest BCUT2D eigenvalue weighted by atomic mass is 10.2. The summed E-state index contributed by atoms with van der Waals surface area (Å²) < 4.78 is 47.7. The number of benzene rings is 1. The quantitative estimate of drug-likeness (QED) is 0.781. The van der Waals surface area contributed by atoms with Crippen LogP contribution in [0.15, 0.2) is 16.6 Å². The number of hydrogen-bond donors (Lipinski definition) is 0. The summed E-state index contributed by atoms with van der Waals surface area (Å²) in [6, 6.07) is 1.79. The Labute approximate surface area is 89.0 Å². The summed E-state index contributed by atoms with van der Waals surface area (Å²) >= 11 is 2.80. The summed E-state index contributed by atoms with van der Waals surface area (Å²) in [5.74, 6) is -1.91. The minimum Gasteiger partial charge on any atom is -0.229 e. The summed E-state index contributed by atoms with van der Waals surface area (Å²) in [6.07, 6.45) is 0.965. The Bertz CT molecular complexity index is 457. The number of rotatable bonds is 2. The Balaban J connectivity index is 3.17. The zero-order valence-corrected chi connectivity index (χ0v) is 9.62. The summed E-state index contributed by atoms with van der Waals surface area (Å²) in [6.45, 7) is 0. The van der Waals surface area contributed by atoms with Crippen LogP contribution in [0, 0.1) is 11.6 Å². The molecule has 6 heteroatoms. The molecule has 0 unspecified atom stereocenters. The van der Waals surface area contributed by atoms with Crippen molar-refractivity contribution in [3.8, 4) is 0 Å². The van der Waals surface area contributed by atoms with E-state index in [2.05, 4.69) is 15.9 Å². The Morgan fingerprint density at radius 3 is 2.36 bits per heavy atom. The van der Waals surface area contributed by atoms with Gasteiger partial charge in [0.25, 0.3) is 0 Å². The topological polar surface area (TPSA) is 34.1 Å². The van der Waals surface area contributed by atoms with Gasteiger partial charge in [-0.2, -0.15) is 0 Å². The largest absolute Gasteiger partial charge is 0.229 e. The van der Waals surface area contributed by atoms with E-state index in [1.54, 1.807) is 0 Å². The summed E-state index contributed by atoms with van der Waals surface area (Å²) in [5.41, 5.74) is -0.159. The Morgan fingerprint density at radius 2 is 1.86 bits per heavy atom. The molecule has 0 N–H and O–H groups in total. The standard InChI is InChI=1S/C8H7BrF2O2S/c1-14(12,13)4-5-2-8(11)6(9)3-7(5)10/h2-3H,4H2,1H3. The van der Waals surface area contributed by atoms with E-state index in [0.29, 0.717) is 0 Å². The molecule has 0 aromatic heterocycles. The van der Waals surface area contributed by atoms with Gasteiger partial charge in [0.1, 0.15) is 11.6 Å². The number of hydrogen-bond acceptors (Lipinski definition) is 2. The van der Waals surface area contributed by atoms with Gasteiger partial charge in [0.2, 0.25) is 0 Å². The Morgan fingerprint density at radius 1 is 1.29 bits per heavy atom. The Hall–Kier alpha value is -0.490. The molecule has 0 saturated heterocycles. The molecule has 0 fully saturated rings. The van der Waals surface area contributed by atoms with E-state index in [9.17, 15) is 17.2 Å². The van der Waals surface area contributed by atoms with Crippen LogP contribution in [0.1, 0.15) is 5.56 Å². The molecule has 0 bridgehead atoms. The highest BCUT2D eigenvalue weighted by Crippen LogP contribution is 2.21. The first-order valence-corrected chi connectivity index (χ1v) is 6.46. The van der Waals surface area contributed by atoms with Crippen LogP contribution in [-0.4, -0.2) is 14.7 Å². The second kappa shape index (κ2) is 3.94. The van der Waals surface area contributed by atoms with Crippen LogP contribution in [0.25, 0.3) is 0 Å². The van der Waals surface area contributed by atoms with E-state index in [1.807, 2.05) is 0 Å². The van der Waals surface area contributed by atoms with Gasteiger partial charge in [0.15, 0.2) is 9.84 Å². The average molecular weight is 285 g/mol. The van der Waals surface area contributed by atoms with E-state index in [-0.39, 0.29) is 10.0 Å². The molecule has 0 aliphatic heterocycles. The first-order chi connectivity index (χ1) is 6.29. The van der Waals surface area contributed by atoms with Crippen LogP contribution in [0.3, 0.4) is 0 Å². The first-order valence-electron chi connectivity index (χ1n) is 3.61. The highest BCUT2D eigenvalue weighted by molar-refractivity contribution is 9.10. The zero-order chi connectivity index (χ0) is 10.9. The molecule has 0 spiro atoms. The van der Waals surface area contributed by atoms with Crippen LogP contribution < -0.4 is 0 Å². The van der Waals surface area contributed by atoms with Crippen molar-refractivity contribution in [2.45, 2.75) is 5.75 Å². The molecule has 0 heterocycles. The molecule has 2 nitrogen and oxygen atoms in total. The third kappa shape index (κ3) is 3.02. The SMILES string of the molecule is CS(=O)(=O)Cc1cc(F)c(Br)cc1F. The van der Waals surface area contributed by atoms with Crippen molar-refractivity contribution in [3.05, 3.63) is 33.8 Å². The maximum atomic E-state index is 13.1. The van der Waals surface area contributed by atoms with Gasteiger partial charge in [-0.1, -0.05) is 0 Å². The van der Waals surface area contributed by atoms with E-state index < -0.39 is 27.2 Å². The lowest BCUT2D eigenvalue weighted by Crippen LogP contribution is -2.03. The summed E-state index contributed by atoms with van der Waals surface area (Å²) in [7, 11) is -3.35. The minimum absolute atomic E-state index is 0.0211. The van der Waals surface area contributed by atoms with Gasteiger partial charge in [0, 0.05) is 11.8 Å². The predicted molar refractivity (Wildman–Crippen MR) is 52.6 cm³/mol. The van der Waals surface area contributed by atoms with Gasteiger partial charge in [-0.3, -0.25) is 0 Å². The molecule has 1 rings (SSSR count). The molecule has 0 saturated carbocycles. The Kier molecular flexibility index (Phi) is 3.26. The smallest absolute Gasteiger partial charge is 0.151 e. The molecule has 0 radical (unpaired) electrons. The fourth-order valence-corrected chi connectivity index (χ4v) is 2.06. The fraction of sp³-hybridized carbons (Fsp3) is 0.250. The lowest BCUT2D eigenvalue weighted by molar-refractivity contribution is 0.578. The van der Waals surface area contributed by atoms with Crippen LogP contribution >= 0.6 is 15.9 Å². The third-order valence-corrected chi connectivity index (χ3v) is 2.95. The number of halogens is 3. The van der Waals surface area contributed by atoms with Crippen molar-refractivity contribution >= 4 is 25.8 Å². The van der Waals surface area contributed by atoms with E-state index in [1.165, 1.54) is 0 Å². The van der Waals surface area contributed by atoms with Crippen molar-refractivity contribution in [1.82, 2.24) is 0 Å². The molecule has 14 heavy (non-hydrogen) atoms. The van der Waals surface area contributed by atoms with Gasteiger partial charge in [-0.05, 0) is 28.1 Å². The van der Waals surface area contributed by atoms with Crippen LogP contribution in [0.5, 0.6) is 0 Å². The minimum atomic E-state index is -3.35. The molecular formula is C8H7BrF2O2S. The van der Waals surface area contributed by atoms with Crippen molar-refractivity contribution in [2.75, 3.05) is 6.26 Å². The average Bonchev–Trinajstić information content (AvgIpc) is 1.97. The summed E-state index contributed by atoms with van der Waals surface area (Å²) in [5, 5.41) is 0. The zero-order valence-electron chi connectivity index (χ0n) is 7.22. The van der Waals surface area contributed by atoms with Gasteiger partial charge >= 0.3 is 0 Å². The predicted octanol–water partition coefficient (Wildman–Crippen LogP) is 2.27. The van der Waals surface area contributed by atoms with E-state index >= 15 is 0 Å². The molecule has 78 valence electrons. The molecule has 0 atom stereocenters. The molecule has 0 amide bonds. The molecular weight excluding hydrogens is 278 g/mol. The van der Waals surface area contributed by atoms with Gasteiger partial charge in [-0.25, -0.2) is 17.2 Å². The molecule has 0 aliphatic rings. The van der Waals surface area contributed by atoms with Crippen LogP contribution in [-0.2, 0) is 15.6 Å². The molecule has 1 aromatic rings. The first kappa shape index (κ1) is 11.6. The van der Waals surface area contributed by atoms with Crippen molar-refractivity contribution < 1.29 is 17.2 Å². The van der Waals surface area contributed by atoms with Crippen molar-refractivity contribution in [1.29, 1.82) is 0 Å². The van der Waals surface area contributed by atoms with Gasteiger partial charge in [-0.15, -0.1) is 0 Å². The van der Waals surface area contributed by atoms with Gasteiger partial charge in [0.05, 0.1) is 10.2 Å². The maximum absolute atomic E-state index is 13.1. The third-order valence-electron chi connectivity index (χ3n) is 1.51. The number of sulfone groups is 1. The maximum Gasteiger partial charge on any atom is 0.151 e. The lowest BCUT2D eigenvalue weighted by Gasteiger charge is -2.03. The van der Waals surface area contributed by atoms with E-state index in [4.69, 9.17) is 0 Å². The van der Waals surface area contributed by atoms with Crippen LogP contribution in [0.4, 0.5) is 8.78 Å². The van der Waals surface area contributed by atoms with E-state index in [0.717, 1.165) is 18.4 Å².